The smallest absolute Gasteiger partial charge is 0.390 e. The molecule has 1 N–H and O–H groups in total. The Morgan fingerprint density at radius 3 is 2.17 bits per heavy atom. The summed E-state index contributed by atoms with van der Waals surface area (Å²) in [5.74, 6) is -1.19. The molecule has 1 aromatic rings. The molecule has 69 valence electrons. The number of hydrogen-bond donors (Lipinski definition) is 1. The second-order valence-corrected chi connectivity index (χ2v) is 1.60. The van der Waals surface area contributed by atoms with Gasteiger partial charge in [-0.25, -0.2) is 4.98 Å². The largest absolute Gasteiger partial charge is 0.436 e. The molecule has 0 unspecified atom stereocenters. The summed E-state index contributed by atoms with van der Waals surface area (Å²) in [6.07, 6.45) is 0.859. The minimum absolute atomic E-state index is 0. The van der Waals surface area contributed by atoms with E-state index in [-0.39, 0.29) is 17.1 Å². The van der Waals surface area contributed by atoms with Gasteiger partial charge in [-0.2, -0.15) is 0 Å². The normalized spacial score (nSPS) is 8.67. The molecule has 0 aliphatic carbocycles. The van der Waals surface area contributed by atoms with E-state index in [2.05, 4.69) is 4.98 Å². The Bertz CT molecular complexity index is 281. The molecule has 0 aliphatic rings. The summed E-state index contributed by atoms with van der Waals surface area (Å²) in [5, 5.41) is 19.9. The molecule has 0 atom stereocenters. The fourth-order valence-corrected chi connectivity index (χ4v) is 0.489. The van der Waals surface area contributed by atoms with E-state index >= 15 is 0 Å². The molecule has 0 saturated heterocycles. The first-order valence-corrected chi connectivity index (χ1v) is 2.45. The molecule has 0 saturated carbocycles. The van der Waals surface area contributed by atoms with E-state index in [1.807, 2.05) is 4.98 Å². The van der Waals surface area contributed by atoms with Crippen LogP contribution in [0.1, 0.15) is 0 Å². The predicted molar refractivity (Wildman–Crippen MR) is 31.9 cm³/mol. The summed E-state index contributed by atoms with van der Waals surface area (Å²) < 4.78 is 0. The van der Waals surface area contributed by atoms with Crippen LogP contribution in [0.5, 0.6) is 0 Å². The summed E-state index contributed by atoms with van der Waals surface area (Å²) in [4.78, 5) is 23.3. The maximum absolute atomic E-state index is 9.94. The van der Waals surface area contributed by atoms with Crippen molar-refractivity contribution >= 4 is 11.8 Å². The summed E-state index contributed by atoms with van der Waals surface area (Å²) in [6, 6.07) is 0. The van der Waals surface area contributed by atoms with Gasteiger partial charge in [-0.15, -0.1) is 0 Å². The fourth-order valence-electron chi connectivity index (χ4n) is 0.489. The van der Waals surface area contributed by atoms with Crippen LogP contribution in [0.4, 0.5) is 11.8 Å². The Kier molecular flexibility index (Phi) is 3.32. The third-order valence-electron chi connectivity index (χ3n) is 0.911. The van der Waals surface area contributed by atoms with Crippen molar-refractivity contribution in [2.75, 3.05) is 0 Å². The second-order valence-electron chi connectivity index (χ2n) is 1.60. The molecule has 9 heteroatoms. The van der Waals surface area contributed by atoms with E-state index in [0.717, 1.165) is 6.20 Å². The number of hydrogen-bond acceptors (Lipinski definition) is 5. The number of imidazole rings is 1. The van der Waals surface area contributed by atoms with Gasteiger partial charge in [-0.1, -0.05) is 0 Å². The Morgan fingerprint density at radius 1 is 1.33 bits per heavy atom. The summed E-state index contributed by atoms with van der Waals surface area (Å²) in [6.45, 7) is 0. The molecule has 0 fully saturated rings. The van der Waals surface area contributed by atoms with Crippen molar-refractivity contribution in [3.63, 3.8) is 0 Å². The first-order chi connectivity index (χ1) is 5.11. The van der Waals surface area contributed by atoms with Crippen molar-refractivity contribution in [3.05, 3.63) is 26.4 Å². The van der Waals surface area contributed by atoms with Crippen molar-refractivity contribution in [2.45, 2.75) is 0 Å². The van der Waals surface area contributed by atoms with E-state index in [4.69, 9.17) is 0 Å². The topological polar surface area (TPSA) is 115 Å². The van der Waals surface area contributed by atoms with Gasteiger partial charge in [0.2, 0.25) is 0 Å². The summed E-state index contributed by atoms with van der Waals surface area (Å²) in [5.41, 5.74) is 0. The van der Waals surface area contributed by atoms with Crippen LogP contribution in [-0.4, -0.2) is 19.8 Å². The molecule has 8 nitrogen and oxygen atoms in total. The number of nitro groups is 2. The van der Waals surface area contributed by atoms with Crippen LogP contribution in [0.25, 0.3) is 0 Å². The number of H-pyrrole nitrogens is 1. The Morgan fingerprint density at radius 2 is 1.92 bits per heavy atom. The van der Waals surface area contributed by atoms with Gasteiger partial charge in [0.05, 0.1) is 0 Å². The van der Waals surface area contributed by atoms with Crippen LogP contribution in [0.3, 0.4) is 0 Å². The zero-order valence-electron chi connectivity index (χ0n) is 5.35. The van der Waals surface area contributed by atoms with Gasteiger partial charge < -0.3 is 20.2 Å². The van der Waals surface area contributed by atoms with Crippen LogP contribution < -0.4 is 0 Å². The Hall–Kier alpha value is -1.47. The molecule has 0 bridgehead atoms. The average Bonchev–Trinajstić information content (AvgIpc) is 2.33. The predicted octanol–water partition coefficient (Wildman–Crippen LogP) is 0.224. The maximum Gasteiger partial charge on any atom is 0.436 e. The van der Waals surface area contributed by atoms with E-state index in [1.165, 1.54) is 0 Å². The van der Waals surface area contributed by atoms with Crippen LogP contribution in [-0.2, 0) is 17.1 Å². The van der Waals surface area contributed by atoms with Crippen molar-refractivity contribution in [1.82, 2.24) is 9.97 Å². The molecular weight excluding hydrogens is 220 g/mol. The van der Waals surface area contributed by atoms with Crippen molar-refractivity contribution < 1.29 is 26.9 Å². The molecule has 0 amide bonds. The van der Waals surface area contributed by atoms with Gasteiger partial charge in [0.15, 0.2) is 6.20 Å². The zero-order valence-corrected chi connectivity index (χ0v) is 6.30. The second kappa shape index (κ2) is 3.79. The van der Waals surface area contributed by atoms with E-state index in [1.54, 1.807) is 0 Å². The monoisotopic (exact) mass is 221 g/mol. The summed E-state index contributed by atoms with van der Waals surface area (Å²) >= 11 is 0. The minimum Gasteiger partial charge on any atom is -0.390 e. The average molecular weight is 222 g/mol. The maximum atomic E-state index is 9.94. The number of aromatic nitrogens is 2. The standard InChI is InChI=1S/C3H2N4O4.Cu/c8-6(9)2-1-4-3(5-2)7(10)11;/h1H,(H,4,5);. The molecule has 0 aliphatic heterocycles. The molecule has 1 heterocycles. The van der Waals surface area contributed by atoms with Gasteiger partial charge in [-0.3, -0.25) is 0 Å². The minimum atomic E-state index is -0.840. The van der Waals surface area contributed by atoms with Crippen molar-refractivity contribution in [3.8, 4) is 0 Å². The zero-order chi connectivity index (χ0) is 8.43. The quantitative estimate of drug-likeness (QED) is 0.436. The number of nitrogens with zero attached hydrogens (tertiary/aromatic N) is 3. The summed E-state index contributed by atoms with van der Waals surface area (Å²) in [7, 11) is 0. The van der Waals surface area contributed by atoms with E-state index in [9.17, 15) is 20.2 Å². The van der Waals surface area contributed by atoms with Gasteiger partial charge in [-0.05, 0) is 14.8 Å². The first kappa shape index (κ1) is 10.5. The Balaban J connectivity index is 0.00000121. The molecule has 12 heavy (non-hydrogen) atoms. The van der Waals surface area contributed by atoms with Crippen LogP contribution in [0.2, 0.25) is 0 Å². The van der Waals surface area contributed by atoms with E-state index in [0.29, 0.717) is 0 Å². The van der Waals surface area contributed by atoms with Gasteiger partial charge in [0.25, 0.3) is 0 Å². The van der Waals surface area contributed by atoms with Crippen LogP contribution >= 0.6 is 0 Å². The van der Waals surface area contributed by atoms with Crippen molar-refractivity contribution in [1.29, 1.82) is 0 Å². The molecule has 1 aromatic heterocycles. The van der Waals surface area contributed by atoms with Gasteiger partial charge in [0.1, 0.15) is 0 Å². The molecular formula is C3H2CuN4O4. The van der Waals surface area contributed by atoms with Gasteiger partial charge in [0, 0.05) is 17.1 Å². The number of rotatable bonds is 2. The van der Waals surface area contributed by atoms with Gasteiger partial charge >= 0.3 is 11.8 Å². The molecule has 1 rings (SSSR count). The first-order valence-electron chi connectivity index (χ1n) is 2.45. The fraction of sp³-hybridized carbons (Fsp3) is 0. The molecule has 0 aromatic carbocycles. The number of aromatic amines is 1. The van der Waals surface area contributed by atoms with E-state index < -0.39 is 21.6 Å². The molecule has 1 radical (unpaired) electrons. The third kappa shape index (κ3) is 2.01. The van der Waals surface area contributed by atoms with Crippen molar-refractivity contribution in [2.24, 2.45) is 0 Å². The van der Waals surface area contributed by atoms with Crippen LogP contribution in [0.15, 0.2) is 6.20 Å². The SMILES string of the molecule is O=[N+]([O-])c1c[nH]c([N+](=O)[O-])n1.[Cu]. The third-order valence-corrected chi connectivity index (χ3v) is 0.911. The van der Waals surface area contributed by atoms with Crippen LogP contribution in [0, 0.1) is 20.2 Å². The Labute approximate surface area is 75.8 Å². The number of nitrogens with one attached hydrogen (secondary N) is 1. The molecule has 0 spiro atoms.